The van der Waals surface area contributed by atoms with Crippen molar-refractivity contribution < 1.29 is 0 Å². The number of hydrogen-bond donors (Lipinski definition) is 1. The molecule has 21 heavy (non-hydrogen) atoms. The van der Waals surface area contributed by atoms with Crippen molar-refractivity contribution in [3.05, 3.63) is 63.2 Å². The normalized spacial score (nSPS) is 12.7. The van der Waals surface area contributed by atoms with Crippen molar-refractivity contribution in [1.29, 1.82) is 0 Å². The van der Waals surface area contributed by atoms with Gasteiger partial charge in [-0.25, -0.2) is 9.97 Å². The first-order valence-corrected chi connectivity index (χ1v) is 8.18. The number of benzene rings is 1. The SMILES string of the molecule is C[C@@H](NCc1cnc2cnc(Br)cn12)c1ccc(Br)cc1. The van der Waals surface area contributed by atoms with E-state index in [0.29, 0.717) is 0 Å². The topological polar surface area (TPSA) is 42.2 Å². The van der Waals surface area contributed by atoms with Gasteiger partial charge in [-0.15, -0.1) is 0 Å². The minimum atomic E-state index is 0.272. The molecule has 1 atom stereocenters. The highest BCUT2D eigenvalue weighted by molar-refractivity contribution is 9.10. The van der Waals surface area contributed by atoms with Crippen molar-refractivity contribution in [2.75, 3.05) is 0 Å². The predicted molar refractivity (Wildman–Crippen MR) is 90.1 cm³/mol. The molecule has 0 aliphatic heterocycles. The van der Waals surface area contributed by atoms with Gasteiger partial charge in [-0.3, -0.25) is 4.40 Å². The maximum absolute atomic E-state index is 4.36. The van der Waals surface area contributed by atoms with Gasteiger partial charge in [0.15, 0.2) is 5.65 Å². The van der Waals surface area contributed by atoms with Crippen LogP contribution in [0.3, 0.4) is 0 Å². The van der Waals surface area contributed by atoms with Crippen LogP contribution in [-0.4, -0.2) is 14.4 Å². The van der Waals surface area contributed by atoms with E-state index in [9.17, 15) is 0 Å². The molecule has 3 aromatic rings. The molecule has 0 spiro atoms. The molecule has 0 saturated carbocycles. The average molecular weight is 410 g/mol. The molecule has 4 nitrogen and oxygen atoms in total. The number of imidazole rings is 1. The van der Waals surface area contributed by atoms with Crippen LogP contribution in [0.1, 0.15) is 24.2 Å². The van der Waals surface area contributed by atoms with Crippen LogP contribution in [0.4, 0.5) is 0 Å². The Morgan fingerprint density at radius 3 is 2.67 bits per heavy atom. The second-order valence-electron chi connectivity index (χ2n) is 4.84. The minimum Gasteiger partial charge on any atom is -0.305 e. The maximum atomic E-state index is 4.36. The fraction of sp³-hybridized carbons (Fsp3) is 0.200. The summed E-state index contributed by atoms with van der Waals surface area (Å²) < 4.78 is 3.94. The molecule has 0 aliphatic rings. The van der Waals surface area contributed by atoms with E-state index in [4.69, 9.17) is 0 Å². The molecule has 108 valence electrons. The summed E-state index contributed by atoms with van der Waals surface area (Å²) in [6, 6.07) is 8.64. The number of aromatic nitrogens is 3. The number of rotatable bonds is 4. The second-order valence-corrected chi connectivity index (χ2v) is 6.57. The van der Waals surface area contributed by atoms with Crippen molar-refractivity contribution in [3.63, 3.8) is 0 Å². The van der Waals surface area contributed by atoms with E-state index < -0.39 is 0 Å². The Hall–Kier alpha value is -1.24. The lowest BCUT2D eigenvalue weighted by atomic mass is 10.1. The maximum Gasteiger partial charge on any atom is 0.155 e. The third-order valence-corrected chi connectivity index (χ3v) is 4.34. The number of nitrogens with one attached hydrogen (secondary N) is 1. The molecule has 0 unspecified atom stereocenters. The zero-order valence-electron chi connectivity index (χ0n) is 11.4. The molecule has 0 amide bonds. The first kappa shape index (κ1) is 14.7. The summed E-state index contributed by atoms with van der Waals surface area (Å²) in [5, 5.41) is 3.52. The molecule has 6 heteroatoms. The molecule has 0 fully saturated rings. The molecule has 1 aromatic carbocycles. The number of halogens is 2. The highest BCUT2D eigenvalue weighted by Gasteiger charge is 2.08. The molecular weight excluding hydrogens is 396 g/mol. The lowest BCUT2D eigenvalue weighted by Gasteiger charge is -2.14. The molecule has 0 radical (unpaired) electrons. The average Bonchev–Trinajstić information content (AvgIpc) is 2.88. The van der Waals surface area contributed by atoms with Crippen LogP contribution in [0.25, 0.3) is 5.65 Å². The van der Waals surface area contributed by atoms with Crippen molar-refractivity contribution in [2.24, 2.45) is 0 Å². The number of hydrogen-bond acceptors (Lipinski definition) is 3. The summed E-state index contributed by atoms with van der Waals surface area (Å²) in [5.41, 5.74) is 3.22. The first-order valence-electron chi connectivity index (χ1n) is 6.60. The lowest BCUT2D eigenvalue weighted by Crippen LogP contribution is -2.19. The molecular formula is C15H14Br2N4. The third-order valence-electron chi connectivity index (χ3n) is 3.40. The highest BCUT2D eigenvalue weighted by Crippen LogP contribution is 2.17. The minimum absolute atomic E-state index is 0.272. The van der Waals surface area contributed by atoms with Crippen LogP contribution in [-0.2, 0) is 6.54 Å². The summed E-state index contributed by atoms with van der Waals surface area (Å²) in [4.78, 5) is 8.54. The standard InChI is InChI=1S/C15H14Br2N4/c1-10(11-2-4-12(16)5-3-11)18-6-13-7-20-15-8-19-14(17)9-21(13)15/h2-5,7-10,18H,6H2,1H3/t10-/m1/s1. The molecule has 0 bridgehead atoms. The van der Waals surface area contributed by atoms with Gasteiger partial charge in [-0.2, -0.15) is 0 Å². The van der Waals surface area contributed by atoms with Gasteiger partial charge in [0, 0.05) is 23.3 Å². The van der Waals surface area contributed by atoms with Crippen LogP contribution in [0.15, 0.2) is 51.9 Å². The molecule has 1 N–H and O–H groups in total. The van der Waals surface area contributed by atoms with Crippen LogP contribution in [0.2, 0.25) is 0 Å². The van der Waals surface area contributed by atoms with Crippen molar-refractivity contribution in [2.45, 2.75) is 19.5 Å². The fourth-order valence-electron chi connectivity index (χ4n) is 2.17. The van der Waals surface area contributed by atoms with Gasteiger partial charge in [0.1, 0.15) is 4.60 Å². The van der Waals surface area contributed by atoms with Gasteiger partial charge in [-0.1, -0.05) is 28.1 Å². The van der Waals surface area contributed by atoms with E-state index >= 15 is 0 Å². The van der Waals surface area contributed by atoms with Gasteiger partial charge >= 0.3 is 0 Å². The van der Waals surface area contributed by atoms with E-state index in [1.165, 1.54) is 5.56 Å². The smallest absolute Gasteiger partial charge is 0.155 e. The van der Waals surface area contributed by atoms with E-state index in [1.807, 2.05) is 16.8 Å². The summed E-state index contributed by atoms with van der Waals surface area (Å²) in [5.74, 6) is 0. The van der Waals surface area contributed by atoms with E-state index in [2.05, 4.69) is 78.3 Å². The zero-order chi connectivity index (χ0) is 14.8. The van der Waals surface area contributed by atoms with Crippen LogP contribution in [0, 0.1) is 0 Å². The van der Waals surface area contributed by atoms with Gasteiger partial charge in [0.05, 0.1) is 18.1 Å². The third kappa shape index (κ3) is 3.33. The van der Waals surface area contributed by atoms with Gasteiger partial charge in [-0.05, 0) is 40.5 Å². The van der Waals surface area contributed by atoms with E-state index in [-0.39, 0.29) is 6.04 Å². The molecule has 0 aliphatic carbocycles. The van der Waals surface area contributed by atoms with Gasteiger partial charge < -0.3 is 5.32 Å². The highest BCUT2D eigenvalue weighted by atomic mass is 79.9. The Morgan fingerprint density at radius 2 is 1.90 bits per heavy atom. The van der Waals surface area contributed by atoms with E-state index in [0.717, 1.165) is 27.0 Å². The number of nitrogens with zero attached hydrogens (tertiary/aromatic N) is 3. The summed E-state index contributed by atoms with van der Waals surface area (Å²) in [7, 11) is 0. The fourth-order valence-corrected chi connectivity index (χ4v) is 2.75. The van der Waals surface area contributed by atoms with Crippen LogP contribution < -0.4 is 5.32 Å². The predicted octanol–water partition coefficient (Wildman–Crippen LogP) is 4.11. The molecule has 2 aromatic heterocycles. The number of fused-ring (bicyclic) bond motifs is 1. The Kier molecular flexibility index (Phi) is 4.37. The Labute approximate surface area is 139 Å². The zero-order valence-corrected chi connectivity index (χ0v) is 14.6. The molecule has 2 heterocycles. The second kappa shape index (κ2) is 6.25. The first-order chi connectivity index (χ1) is 10.1. The largest absolute Gasteiger partial charge is 0.305 e. The Bertz CT molecular complexity index is 752. The monoisotopic (exact) mass is 408 g/mol. The van der Waals surface area contributed by atoms with Crippen molar-refractivity contribution in [1.82, 2.24) is 19.7 Å². The van der Waals surface area contributed by atoms with E-state index in [1.54, 1.807) is 6.20 Å². The molecule has 0 saturated heterocycles. The molecule has 3 rings (SSSR count). The summed E-state index contributed by atoms with van der Waals surface area (Å²) in [6.07, 6.45) is 5.57. The Morgan fingerprint density at radius 1 is 1.14 bits per heavy atom. The van der Waals surface area contributed by atoms with Crippen molar-refractivity contribution in [3.8, 4) is 0 Å². The quantitative estimate of drug-likeness (QED) is 0.705. The lowest BCUT2D eigenvalue weighted by molar-refractivity contribution is 0.565. The van der Waals surface area contributed by atoms with Crippen LogP contribution in [0.5, 0.6) is 0 Å². The van der Waals surface area contributed by atoms with Crippen LogP contribution >= 0.6 is 31.9 Å². The summed E-state index contributed by atoms with van der Waals surface area (Å²) in [6.45, 7) is 2.90. The Balaban J connectivity index is 1.74. The van der Waals surface area contributed by atoms with Gasteiger partial charge in [0.2, 0.25) is 0 Å². The van der Waals surface area contributed by atoms with Gasteiger partial charge in [0.25, 0.3) is 0 Å². The summed E-state index contributed by atoms with van der Waals surface area (Å²) >= 11 is 6.85. The van der Waals surface area contributed by atoms with Crippen molar-refractivity contribution >= 4 is 37.5 Å².